The van der Waals surface area contributed by atoms with Gasteiger partial charge in [0.15, 0.2) is 5.78 Å². The van der Waals surface area contributed by atoms with Crippen LogP contribution in [-0.4, -0.2) is 31.5 Å². The summed E-state index contributed by atoms with van der Waals surface area (Å²) in [6, 6.07) is 3.33. The van der Waals surface area contributed by atoms with E-state index in [0.717, 1.165) is 0 Å². The molecule has 86 valence electrons. The summed E-state index contributed by atoms with van der Waals surface area (Å²) >= 11 is 0. The van der Waals surface area contributed by atoms with Crippen LogP contribution in [0.25, 0.3) is 0 Å². The van der Waals surface area contributed by atoms with Crippen LogP contribution >= 0.6 is 24.8 Å². The number of likely N-dealkylation sites (N-methyl/N-ethyl adjacent to an activating group) is 1. The van der Waals surface area contributed by atoms with Gasteiger partial charge in [-0.3, -0.25) is 9.78 Å². The third-order valence-corrected chi connectivity index (χ3v) is 1.59. The van der Waals surface area contributed by atoms with Crippen LogP contribution < -0.4 is 10.1 Å². The summed E-state index contributed by atoms with van der Waals surface area (Å²) in [6.07, 6.45) is 1.56. The van der Waals surface area contributed by atoms with E-state index in [1.807, 2.05) is 0 Å². The fraction of sp³-hybridized carbons (Fsp3) is 0.333. The van der Waals surface area contributed by atoms with Crippen molar-refractivity contribution < 1.29 is 9.53 Å². The lowest BCUT2D eigenvalue weighted by Gasteiger charge is -2.01. The second-order valence-electron chi connectivity index (χ2n) is 2.53. The third-order valence-electron chi connectivity index (χ3n) is 1.59. The van der Waals surface area contributed by atoms with Gasteiger partial charge in [-0.1, -0.05) is 0 Å². The topological polar surface area (TPSA) is 51.2 Å². The standard InChI is InChI=1S/C9H12N2O2.2ClH/c1-10-6-9(12)8-5-7(13-2)3-4-11-8;;/h3-5,10H,6H2,1-2H3;2*1H. The predicted molar refractivity (Wildman–Crippen MR) is 63.5 cm³/mol. The molecule has 1 heterocycles. The third kappa shape index (κ3) is 4.97. The summed E-state index contributed by atoms with van der Waals surface area (Å²) in [7, 11) is 3.28. The number of hydrogen-bond acceptors (Lipinski definition) is 4. The maximum absolute atomic E-state index is 11.3. The average Bonchev–Trinajstić information content (AvgIpc) is 2.18. The molecule has 0 aromatic carbocycles. The smallest absolute Gasteiger partial charge is 0.195 e. The minimum absolute atomic E-state index is 0. The highest BCUT2D eigenvalue weighted by Crippen LogP contribution is 2.09. The molecule has 0 aliphatic carbocycles. The van der Waals surface area contributed by atoms with Crippen LogP contribution in [0, 0.1) is 0 Å². The Kier molecular flexibility index (Phi) is 9.36. The van der Waals surface area contributed by atoms with Crippen molar-refractivity contribution in [3.8, 4) is 5.75 Å². The van der Waals surface area contributed by atoms with Crippen LogP contribution in [-0.2, 0) is 0 Å². The lowest BCUT2D eigenvalue weighted by molar-refractivity contribution is 0.0988. The Balaban J connectivity index is 0. The Hall–Kier alpha value is -0.840. The van der Waals surface area contributed by atoms with E-state index >= 15 is 0 Å². The molecule has 4 nitrogen and oxygen atoms in total. The number of pyridine rings is 1. The van der Waals surface area contributed by atoms with E-state index < -0.39 is 0 Å². The van der Waals surface area contributed by atoms with Gasteiger partial charge >= 0.3 is 0 Å². The molecular weight excluding hydrogens is 239 g/mol. The van der Waals surface area contributed by atoms with Crippen molar-refractivity contribution in [2.75, 3.05) is 20.7 Å². The Morgan fingerprint density at radius 3 is 2.73 bits per heavy atom. The van der Waals surface area contributed by atoms with E-state index in [1.54, 1.807) is 32.5 Å². The van der Waals surface area contributed by atoms with Gasteiger partial charge in [0, 0.05) is 12.3 Å². The molecule has 1 rings (SSSR count). The number of ether oxygens (including phenoxy) is 1. The molecule has 0 aliphatic heterocycles. The van der Waals surface area contributed by atoms with Crippen molar-refractivity contribution in [1.29, 1.82) is 0 Å². The molecule has 0 saturated carbocycles. The van der Waals surface area contributed by atoms with E-state index in [0.29, 0.717) is 18.0 Å². The number of rotatable bonds is 4. The van der Waals surface area contributed by atoms with Gasteiger partial charge in [0.2, 0.25) is 0 Å². The molecule has 6 heteroatoms. The monoisotopic (exact) mass is 252 g/mol. The maximum atomic E-state index is 11.3. The number of ketones is 1. The molecule has 1 aromatic heterocycles. The summed E-state index contributed by atoms with van der Waals surface area (Å²) < 4.78 is 4.97. The molecule has 0 unspecified atom stereocenters. The van der Waals surface area contributed by atoms with E-state index in [4.69, 9.17) is 4.74 Å². The zero-order valence-electron chi connectivity index (χ0n) is 8.52. The molecular formula is C9H14Cl2N2O2. The van der Waals surface area contributed by atoms with Crippen molar-refractivity contribution in [1.82, 2.24) is 10.3 Å². The van der Waals surface area contributed by atoms with Gasteiger partial charge in [-0.15, -0.1) is 24.8 Å². The van der Waals surface area contributed by atoms with Crippen molar-refractivity contribution >= 4 is 30.6 Å². The second kappa shape index (κ2) is 8.47. The number of aromatic nitrogens is 1. The summed E-state index contributed by atoms with van der Waals surface area (Å²) in [4.78, 5) is 15.3. The van der Waals surface area contributed by atoms with Crippen LogP contribution in [0.4, 0.5) is 0 Å². The normalized spacial score (nSPS) is 8.40. The molecule has 1 aromatic rings. The molecule has 0 radical (unpaired) electrons. The molecule has 0 bridgehead atoms. The highest BCUT2D eigenvalue weighted by atomic mass is 35.5. The van der Waals surface area contributed by atoms with E-state index in [2.05, 4.69) is 10.3 Å². The number of Topliss-reactive ketones (excluding diaryl/α,β-unsaturated/α-hetero) is 1. The number of nitrogens with one attached hydrogen (secondary N) is 1. The Morgan fingerprint density at radius 2 is 2.20 bits per heavy atom. The first-order chi connectivity index (χ1) is 6.27. The van der Waals surface area contributed by atoms with E-state index in [-0.39, 0.29) is 30.6 Å². The Bertz CT molecular complexity index is 308. The Morgan fingerprint density at radius 1 is 1.53 bits per heavy atom. The zero-order valence-corrected chi connectivity index (χ0v) is 10.2. The molecule has 15 heavy (non-hydrogen) atoms. The maximum Gasteiger partial charge on any atom is 0.195 e. The summed E-state index contributed by atoms with van der Waals surface area (Å²) in [5, 5.41) is 2.77. The van der Waals surface area contributed by atoms with Gasteiger partial charge in [0.05, 0.1) is 13.7 Å². The highest BCUT2D eigenvalue weighted by molar-refractivity contribution is 5.96. The summed E-state index contributed by atoms with van der Waals surface area (Å²) in [5.74, 6) is 0.607. The van der Waals surface area contributed by atoms with Crippen LogP contribution in [0.3, 0.4) is 0 Å². The molecule has 0 atom stereocenters. The summed E-state index contributed by atoms with van der Waals surface area (Å²) in [6.45, 7) is 0.292. The number of methoxy groups -OCH3 is 1. The van der Waals surface area contributed by atoms with Crippen LogP contribution in [0.2, 0.25) is 0 Å². The van der Waals surface area contributed by atoms with Crippen molar-refractivity contribution in [2.45, 2.75) is 0 Å². The van der Waals surface area contributed by atoms with Gasteiger partial charge in [0.1, 0.15) is 11.4 Å². The number of carbonyl (C=O) groups is 1. The van der Waals surface area contributed by atoms with Crippen molar-refractivity contribution in [3.63, 3.8) is 0 Å². The first-order valence-corrected chi connectivity index (χ1v) is 3.95. The average molecular weight is 253 g/mol. The lowest BCUT2D eigenvalue weighted by atomic mass is 10.2. The van der Waals surface area contributed by atoms with Gasteiger partial charge in [-0.05, 0) is 13.1 Å². The first kappa shape index (κ1) is 16.6. The van der Waals surface area contributed by atoms with Crippen LogP contribution in [0.5, 0.6) is 5.75 Å². The van der Waals surface area contributed by atoms with Crippen LogP contribution in [0.1, 0.15) is 10.5 Å². The number of hydrogen-bond donors (Lipinski definition) is 1. The van der Waals surface area contributed by atoms with Gasteiger partial charge < -0.3 is 10.1 Å². The number of carbonyl (C=O) groups excluding carboxylic acids is 1. The lowest BCUT2D eigenvalue weighted by Crippen LogP contribution is -2.19. The second-order valence-corrected chi connectivity index (χ2v) is 2.53. The number of halogens is 2. The van der Waals surface area contributed by atoms with Gasteiger partial charge in [0.25, 0.3) is 0 Å². The van der Waals surface area contributed by atoms with Crippen LogP contribution in [0.15, 0.2) is 18.3 Å². The molecule has 0 spiro atoms. The Labute approximate surface area is 101 Å². The van der Waals surface area contributed by atoms with Crippen molar-refractivity contribution in [3.05, 3.63) is 24.0 Å². The largest absolute Gasteiger partial charge is 0.497 e. The predicted octanol–water partition coefficient (Wildman–Crippen LogP) is 1.34. The minimum Gasteiger partial charge on any atom is -0.497 e. The molecule has 0 saturated heterocycles. The molecule has 0 amide bonds. The van der Waals surface area contributed by atoms with E-state index in [1.165, 1.54) is 0 Å². The van der Waals surface area contributed by atoms with Gasteiger partial charge in [-0.25, -0.2) is 0 Å². The van der Waals surface area contributed by atoms with Gasteiger partial charge in [-0.2, -0.15) is 0 Å². The van der Waals surface area contributed by atoms with E-state index in [9.17, 15) is 4.79 Å². The zero-order chi connectivity index (χ0) is 9.68. The summed E-state index contributed by atoms with van der Waals surface area (Å²) in [5.41, 5.74) is 0.425. The fourth-order valence-electron chi connectivity index (χ4n) is 0.942. The highest BCUT2D eigenvalue weighted by Gasteiger charge is 2.06. The minimum atomic E-state index is -0.0404. The molecule has 0 aliphatic rings. The quantitative estimate of drug-likeness (QED) is 0.822. The fourth-order valence-corrected chi connectivity index (χ4v) is 0.942. The first-order valence-electron chi connectivity index (χ1n) is 3.95. The number of nitrogens with zero attached hydrogens (tertiary/aromatic N) is 1. The molecule has 0 fully saturated rings. The molecule has 1 N–H and O–H groups in total. The SMILES string of the molecule is CNCC(=O)c1cc(OC)ccn1.Cl.Cl. The van der Waals surface area contributed by atoms with Crippen molar-refractivity contribution in [2.24, 2.45) is 0 Å².